The zero-order valence-electron chi connectivity index (χ0n) is 15.4. The minimum atomic E-state index is -0.737. The van der Waals surface area contributed by atoms with Crippen molar-refractivity contribution in [2.75, 3.05) is 11.9 Å². The van der Waals surface area contributed by atoms with Crippen LogP contribution in [0.25, 0.3) is 0 Å². The highest BCUT2D eigenvalue weighted by molar-refractivity contribution is 7.15. The second-order valence-electron chi connectivity index (χ2n) is 7.29. The van der Waals surface area contributed by atoms with E-state index in [1.54, 1.807) is 6.20 Å². The first kappa shape index (κ1) is 18.4. The molecule has 1 aliphatic heterocycles. The normalized spacial score (nSPS) is 16.8. The van der Waals surface area contributed by atoms with Crippen LogP contribution < -0.4 is 5.32 Å². The third kappa shape index (κ3) is 4.04. The smallest absolute Gasteiger partial charge is 0.411 e. The van der Waals surface area contributed by atoms with Gasteiger partial charge in [0.25, 0.3) is 5.91 Å². The predicted molar refractivity (Wildman–Crippen MR) is 101 cm³/mol. The Labute approximate surface area is 157 Å². The van der Waals surface area contributed by atoms with Crippen molar-refractivity contribution in [3.05, 3.63) is 46.5 Å². The average molecular weight is 373 g/mol. The number of thiazole rings is 1. The number of carbonyl (C=O) groups is 2. The summed E-state index contributed by atoms with van der Waals surface area (Å²) in [6, 6.07) is 6.98. The summed E-state index contributed by atoms with van der Waals surface area (Å²) in [5.41, 5.74) is 1.28. The summed E-state index contributed by atoms with van der Waals surface area (Å²) in [6.07, 6.45) is 1.92. The maximum Gasteiger partial charge on any atom is 0.411 e. The maximum atomic E-state index is 13.0. The largest absolute Gasteiger partial charge is 0.444 e. The molecule has 26 heavy (non-hydrogen) atoms. The van der Waals surface area contributed by atoms with Gasteiger partial charge in [-0.15, -0.1) is 11.3 Å². The molecule has 138 valence electrons. The Hall–Kier alpha value is -2.41. The highest BCUT2D eigenvalue weighted by atomic mass is 32.1. The van der Waals surface area contributed by atoms with E-state index in [0.29, 0.717) is 18.1 Å². The molecule has 1 aromatic heterocycles. The second kappa shape index (κ2) is 7.07. The molecule has 6 nitrogen and oxygen atoms in total. The first-order chi connectivity index (χ1) is 12.2. The molecule has 1 aliphatic rings. The highest BCUT2D eigenvalue weighted by Gasteiger charge is 2.38. The van der Waals surface area contributed by atoms with E-state index in [4.69, 9.17) is 4.74 Å². The Morgan fingerprint density at radius 2 is 2.04 bits per heavy atom. The van der Waals surface area contributed by atoms with Gasteiger partial charge in [-0.2, -0.15) is 0 Å². The molecule has 0 bridgehead atoms. The van der Waals surface area contributed by atoms with E-state index in [1.807, 2.05) is 52.0 Å². The highest BCUT2D eigenvalue weighted by Crippen LogP contribution is 2.32. The first-order valence-electron chi connectivity index (χ1n) is 8.55. The molecule has 0 spiro atoms. The minimum absolute atomic E-state index is 0.280. The Balaban J connectivity index is 1.91. The summed E-state index contributed by atoms with van der Waals surface area (Å²) in [4.78, 5) is 32.4. The van der Waals surface area contributed by atoms with Crippen LogP contribution in [0.1, 0.15) is 42.8 Å². The lowest BCUT2D eigenvalue weighted by molar-refractivity contribution is -0.121. The predicted octanol–water partition coefficient (Wildman–Crippen LogP) is 3.92. The van der Waals surface area contributed by atoms with Crippen LogP contribution in [0.3, 0.4) is 0 Å². The topological polar surface area (TPSA) is 71.5 Å². The molecule has 0 unspecified atom stereocenters. The molecule has 0 saturated heterocycles. The van der Waals surface area contributed by atoms with Gasteiger partial charge in [0.1, 0.15) is 11.6 Å². The lowest BCUT2D eigenvalue weighted by Crippen LogP contribution is -2.47. The monoisotopic (exact) mass is 373 g/mol. The van der Waals surface area contributed by atoms with Crippen LogP contribution in [-0.4, -0.2) is 34.0 Å². The Morgan fingerprint density at radius 1 is 1.31 bits per heavy atom. The molecular formula is C19H23N3O3S. The SMILES string of the molecule is Cc1cnc(NC(=O)[C@H]2c3ccccc3CCN2C(=O)OC(C)(C)C)s1. The number of hydrogen-bond acceptors (Lipinski definition) is 5. The van der Waals surface area contributed by atoms with Crippen molar-refractivity contribution in [3.8, 4) is 0 Å². The van der Waals surface area contributed by atoms with E-state index in [-0.39, 0.29) is 5.91 Å². The van der Waals surface area contributed by atoms with E-state index in [2.05, 4.69) is 10.3 Å². The molecule has 2 amide bonds. The van der Waals surface area contributed by atoms with E-state index >= 15 is 0 Å². The van der Waals surface area contributed by atoms with Gasteiger partial charge >= 0.3 is 6.09 Å². The number of benzene rings is 1. The van der Waals surface area contributed by atoms with Gasteiger partial charge < -0.3 is 4.74 Å². The average Bonchev–Trinajstić information content (AvgIpc) is 2.96. The molecule has 0 aliphatic carbocycles. The molecule has 1 aromatic carbocycles. The Bertz CT molecular complexity index is 825. The van der Waals surface area contributed by atoms with Crippen molar-refractivity contribution in [1.29, 1.82) is 0 Å². The number of anilines is 1. The summed E-state index contributed by atoms with van der Waals surface area (Å²) in [7, 11) is 0. The quantitative estimate of drug-likeness (QED) is 0.866. The lowest BCUT2D eigenvalue weighted by atomic mass is 9.92. The number of amides is 2. The number of ether oxygens (including phenoxy) is 1. The van der Waals surface area contributed by atoms with Gasteiger partial charge in [-0.3, -0.25) is 15.0 Å². The summed E-state index contributed by atoms with van der Waals surface area (Å²) in [6.45, 7) is 7.81. The van der Waals surface area contributed by atoms with Gasteiger partial charge in [-0.05, 0) is 45.2 Å². The van der Waals surface area contributed by atoms with Crippen LogP contribution in [0.5, 0.6) is 0 Å². The number of aromatic nitrogens is 1. The van der Waals surface area contributed by atoms with Gasteiger partial charge in [0.15, 0.2) is 5.13 Å². The number of hydrogen-bond donors (Lipinski definition) is 1. The van der Waals surface area contributed by atoms with Crippen molar-refractivity contribution < 1.29 is 14.3 Å². The molecule has 3 rings (SSSR count). The zero-order valence-corrected chi connectivity index (χ0v) is 16.2. The summed E-state index contributed by atoms with van der Waals surface area (Å²) < 4.78 is 5.52. The fraction of sp³-hybridized carbons (Fsp3) is 0.421. The van der Waals surface area contributed by atoms with Gasteiger partial charge in [-0.1, -0.05) is 24.3 Å². The zero-order chi connectivity index (χ0) is 18.9. The van der Waals surface area contributed by atoms with E-state index in [1.165, 1.54) is 16.2 Å². The fourth-order valence-corrected chi connectivity index (χ4v) is 3.62. The van der Waals surface area contributed by atoms with Crippen LogP contribution in [0.15, 0.2) is 30.5 Å². The molecule has 1 N–H and O–H groups in total. The molecule has 0 fully saturated rings. The molecule has 0 saturated carbocycles. The van der Waals surface area contributed by atoms with E-state index in [9.17, 15) is 9.59 Å². The van der Waals surface area contributed by atoms with Crippen molar-refractivity contribution in [1.82, 2.24) is 9.88 Å². The van der Waals surface area contributed by atoms with Crippen LogP contribution in [0, 0.1) is 6.92 Å². The third-order valence-corrected chi connectivity index (χ3v) is 4.84. The van der Waals surface area contributed by atoms with Gasteiger partial charge in [0.05, 0.1) is 0 Å². The Morgan fingerprint density at radius 3 is 2.69 bits per heavy atom. The van der Waals surface area contributed by atoms with Crippen molar-refractivity contribution in [2.24, 2.45) is 0 Å². The van der Waals surface area contributed by atoms with Crippen LogP contribution >= 0.6 is 11.3 Å². The van der Waals surface area contributed by atoms with Crippen LogP contribution in [0.2, 0.25) is 0 Å². The number of nitrogens with zero attached hydrogens (tertiary/aromatic N) is 2. The number of rotatable bonds is 2. The van der Waals surface area contributed by atoms with Gasteiger partial charge in [-0.25, -0.2) is 9.78 Å². The lowest BCUT2D eigenvalue weighted by Gasteiger charge is -2.37. The fourth-order valence-electron chi connectivity index (χ4n) is 2.95. The third-order valence-electron chi connectivity index (χ3n) is 4.01. The van der Waals surface area contributed by atoms with Crippen LogP contribution in [0.4, 0.5) is 9.93 Å². The second-order valence-corrected chi connectivity index (χ2v) is 8.53. The number of aryl methyl sites for hydroxylation is 1. The molecule has 2 heterocycles. The van der Waals surface area contributed by atoms with E-state index < -0.39 is 17.7 Å². The van der Waals surface area contributed by atoms with E-state index in [0.717, 1.165) is 16.0 Å². The molecule has 2 aromatic rings. The minimum Gasteiger partial charge on any atom is -0.444 e. The number of fused-ring (bicyclic) bond motifs is 1. The molecule has 7 heteroatoms. The Kier molecular flexibility index (Phi) is 5.00. The van der Waals surface area contributed by atoms with Crippen molar-refractivity contribution in [3.63, 3.8) is 0 Å². The standard InChI is InChI=1S/C19H23N3O3S/c1-12-11-20-17(26-12)21-16(23)15-14-8-6-5-7-13(14)9-10-22(15)18(24)25-19(2,3)4/h5-8,11,15H,9-10H2,1-4H3,(H,20,21,23)/t15-/m1/s1. The van der Waals surface area contributed by atoms with Gasteiger partial charge in [0, 0.05) is 17.6 Å². The number of carbonyl (C=O) groups excluding carboxylic acids is 2. The maximum absolute atomic E-state index is 13.0. The van der Waals surface area contributed by atoms with Crippen LogP contribution in [-0.2, 0) is 16.0 Å². The molecular weight excluding hydrogens is 350 g/mol. The van der Waals surface area contributed by atoms with Crippen molar-refractivity contribution >= 4 is 28.5 Å². The number of nitrogens with one attached hydrogen (secondary N) is 1. The summed E-state index contributed by atoms with van der Waals surface area (Å²) in [5, 5.41) is 3.37. The summed E-state index contributed by atoms with van der Waals surface area (Å²) >= 11 is 1.40. The van der Waals surface area contributed by atoms with Crippen molar-refractivity contribution in [2.45, 2.75) is 45.8 Å². The summed E-state index contributed by atoms with van der Waals surface area (Å²) in [5.74, 6) is -0.280. The first-order valence-corrected chi connectivity index (χ1v) is 9.37. The molecule has 1 atom stereocenters. The molecule has 0 radical (unpaired) electrons. The van der Waals surface area contributed by atoms with Gasteiger partial charge in [0.2, 0.25) is 0 Å².